The molecule has 0 atom stereocenters. The van der Waals surface area contributed by atoms with Gasteiger partial charge in [0, 0.05) is 45.0 Å². The molecule has 7 heteroatoms. The van der Waals surface area contributed by atoms with E-state index in [2.05, 4.69) is 11.1 Å². The molecule has 0 radical (unpaired) electrons. The quantitative estimate of drug-likeness (QED) is 0.643. The van der Waals surface area contributed by atoms with Gasteiger partial charge in [0.2, 0.25) is 5.91 Å². The van der Waals surface area contributed by atoms with Gasteiger partial charge in [-0.15, -0.1) is 0 Å². The Bertz CT molecular complexity index is 753. The van der Waals surface area contributed by atoms with E-state index >= 15 is 0 Å². The first kappa shape index (κ1) is 20.2. The summed E-state index contributed by atoms with van der Waals surface area (Å²) >= 11 is 0. The molecule has 0 bridgehead atoms. The van der Waals surface area contributed by atoms with E-state index in [4.69, 9.17) is 9.68 Å². The minimum absolute atomic E-state index is 0.0878. The Balaban J connectivity index is 1.99. The summed E-state index contributed by atoms with van der Waals surface area (Å²) in [6, 6.07) is 7.40. The molecule has 0 fully saturated rings. The number of carbonyl (C=O) groups is 2. The highest BCUT2D eigenvalue weighted by molar-refractivity contribution is 5.94. The summed E-state index contributed by atoms with van der Waals surface area (Å²) in [6.45, 7) is 3.63. The van der Waals surface area contributed by atoms with Crippen LogP contribution in [0.15, 0.2) is 47.5 Å². The smallest absolute Gasteiger partial charge is 0.257 e. The van der Waals surface area contributed by atoms with Crippen molar-refractivity contribution < 1.29 is 14.0 Å². The molecule has 27 heavy (non-hydrogen) atoms. The van der Waals surface area contributed by atoms with Crippen molar-refractivity contribution in [3.8, 4) is 6.07 Å². The van der Waals surface area contributed by atoms with Crippen LogP contribution in [0.1, 0.15) is 42.1 Å². The highest BCUT2D eigenvalue weighted by atomic mass is 16.3. The van der Waals surface area contributed by atoms with Crippen LogP contribution in [-0.4, -0.2) is 46.2 Å². The number of hydrogen-bond acceptors (Lipinski definition) is 5. The Morgan fingerprint density at radius 1 is 1.22 bits per heavy atom. The third kappa shape index (κ3) is 6.26. The first-order valence-electron chi connectivity index (χ1n) is 9.00. The molecule has 2 amide bonds. The van der Waals surface area contributed by atoms with E-state index in [0.717, 1.165) is 12.0 Å². The summed E-state index contributed by atoms with van der Waals surface area (Å²) in [7, 11) is 0. The Labute approximate surface area is 159 Å². The third-order valence-corrected chi connectivity index (χ3v) is 4.09. The normalized spacial score (nSPS) is 10.2. The topological polar surface area (TPSA) is 90.4 Å². The average Bonchev–Trinajstić information content (AvgIpc) is 3.23. The summed E-state index contributed by atoms with van der Waals surface area (Å²) in [4.78, 5) is 32.6. The van der Waals surface area contributed by atoms with Gasteiger partial charge in [-0.3, -0.25) is 14.6 Å². The van der Waals surface area contributed by atoms with E-state index in [1.54, 1.807) is 28.3 Å². The van der Waals surface area contributed by atoms with Crippen molar-refractivity contribution >= 4 is 11.8 Å². The van der Waals surface area contributed by atoms with Crippen molar-refractivity contribution in [2.24, 2.45) is 0 Å². The van der Waals surface area contributed by atoms with Crippen LogP contribution in [0, 0.1) is 11.3 Å². The van der Waals surface area contributed by atoms with Gasteiger partial charge in [0.25, 0.3) is 5.91 Å². The predicted octanol–water partition coefficient (Wildman–Crippen LogP) is 2.86. The molecular formula is C20H24N4O3. The summed E-state index contributed by atoms with van der Waals surface area (Å²) in [6.07, 6.45) is 7.52. The maximum atomic E-state index is 12.7. The van der Waals surface area contributed by atoms with E-state index in [9.17, 15) is 9.59 Å². The monoisotopic (exact) mass is 368 g/mol. The fourth-order valence-corrected chi connectivity index (χ4v) is 2.73. The van der Waals surface area contributed by atoms with Crippen LogP contribution in [-0.2, 0) is 11.3 Å². The van der Waals surface area contributed by atoms with Gasteiger partial charge in [-0.1, -0.05) is 13.0 Å². The first-order valence-corrected chi connectivity index (χ1v) is 9.00. The summed E-state index contributed by atoms with van der Waals surface area (Å²) < 4.78 is 4.98. The number of amides is 2. The Kier molecular flexibility index (Phi) is 8.04. The van der Waals surface area contributed by atoms with Crippen molar-refractivity contribution in [2.75, 3.05) is 19.6 Å². The number of furan rings is 1. The molecule has 0 aromatic carbocycles. The van der Waals surface area contributed by atoms with Gasteiger partial charge in [0.05, 0.1) is 24.3 Å². The van der Waals surface area contributed by atoms with Crippen LogP contribution in [0.3, 0.4) is 0 Å². The van der Waals surface area contributed by atoms with E-state index in [1.807, 2.05) is 19.1 Å². The highest BCUT2D eigenvalue weighted by Gasteiger charge is 2.20. The van der Waals surface area contributed by atoms with Crippen molar-refractivity contribution in [1.82, 2.24) is 14.8 Å². The van der Waals surface area contributed by atoms with Gasteiger partial charge < -0.3 is 14.2 Å². The Morgan fingerprint density at radius 3 is 2.70 bits per heavy atom. The molecule has 0 aliphatic heterocycles. The lowest BCUT2D eigenvalue weighted by Gasteiger charge is -2.25. The number of hydrogen-bond donors (Lipinski definition) is 0. The van der Waals surface area contributed by atoms with Crippen molar-refractivity contribution in [3.05, 3.63) is 54.2 Å². The highest BCUT2D eigenvalue weighted by Crippen LogP contribution is 2.10. The van der Waals surface area contributed by atoms with Crippen LogP contribution in [0.4, 0.5) is 0 Å². The molecule has 0 saturated heterocycles. The zero-order chi connectivity index (χ0) is 19.5. The molecule has 0 aliphatic carbocycles. The summed E-state index contributed by atoms with van der Waals surface area (Å²) in [5.74, 6) is -0.232. The van der Waals surface area contributed by atoms with Crippen molar-refractivity contribution in [1.29, 1.82) is 5.26 Å². The van der Waals surface area contributed by atoms with Crippen LogP contribution in [0.2, 0.25) is 0 Å². The summed E-state index contributed by atoms with van der Waals surface area (Å²) in [5.41, 5.74) is 1.39. The van der Waals surface area contributed by atoms with Crippen LogP contribution >= 0.6 is 0 Å². The fraction of sp³-hybridized carbons (Fsp3) is 0.400. The average molecular weight is 368 g/mol. The lowest BCUT2D eigenvalue weighted by molar-refractivity contribution is -0.132. The van der Waals surface area contributed by atoms with Gasteiger partial charge >= 0.3 is 0 Å². The van der Waals surface area contributed by atoms with Crippen molar-refractivity contribution in [3.63, 3.8) is 0 Å². The maximum Gasteiger partial charge on any atom is 0.257 e. The largest absolute Gasteiger partial charge is 0.472 e. The molecule has 0 N–H and O–H groups in total. The van der Waals surface area contributed by atoms with Gasteiger partial charge in [-0.2, -0.15) is 5.26 Å². The molecular weight excluding hydrogens is 344 g/mol. The number of nitriles is 1. The third-order valence-electron chi connectivity index (χ3n) is 4.09. The second kappa shape index (κ2) is 10.8. The molecule has 2 aromatic rings. The second-order valence-corrected chi connectivity index (χ2v) is 6.14. The van der Waals surface area contributed by atoms with Gasteiger partial charge in [-0.05, 0) is 24.1 Å². The standard InChI is InChI=1S/C20H24N4O3/c1-2-10-23(20(26)18-7-13-27-16-18)12-6-19(25)24(11-4-8-21)15-17-5-3-9-22-14-17/h3,5,7,9,13-14,16H,2,4,6,10-12,15H2,1H3. The first-order chi connectivity index (χ1) is 13.2. The predicted molar refractivity (Wildman–Crippen MR) is 99.4 cm³/mol. The molecule has 2 heterocycles. The molecule has 0 aliphatic rings. The minimum Gasteiger partial charge on any atom is -0.472 e. The molecule has 0 spiro atoms. The number of aromatic nitrogens is 1. The van der Waals surface area contributed by atoms with E-state index < -0.39 is 0 Å². The maximum absolute atomic E-state index is 12.7. The number of nitrogens with zero attached hydrogens (tertiary/aromatic N) is 4. The second-order valence-electron chi connectivity index (χ2n) is 6.14. The molecule has 7 nitrogen and oxygen atoms in total. The molecule has 2 aromatic heterocycles. The SMILES string of the molecule is CCCN(CCC(=O)N(CCC#N)Cc1cccnc1)C(=O)c1ccoc1. The number of rotatable bonds is 10. The van der Waals surface area contributed by atoms with E-state index in [-0.39, 0.29) is 24.7 Å². The Morgan fingerprint density at radius 2 is 2.07 bits per heavy atom. The zero-order valence-corrected chi connectivity index (χ0v) is 15.5. The lowest BCUT2D eigenvalue weighted by Crippen LogP contribution is -2.37. The van der Waals surface area contributed by atoms with Crippen LogP contribution < -0.4 is 0 Å². The minimum atomic E-state index is -0.144. The lowest BCUT2D eigenvalue weighted by atomic mass is 10.2. The number of pyridine rings is 1. The van der Waals surface area contributed by atoms with Gasteiger partial charge in [0.1, 0.15) is 6.26 Å². The summed E-state index contributed by atoms with van der Waals surface area (Å²) in [5, 5.41) is 8.87. The van der Waals surface area contributed by atoms with Gasteiger partial charge in [0.15, 0.2) is 0 Å². The van der Waals surface area contributed by atoms with Crippen LogP contribution in [0.5, 0.6) is 0 Å². The Hall–Kier alpha value is -3.14. The van der Waals surface area contributed by atoms with Crippen molar-refractivity contribution in [2.45, 2.75) is 32.7 Å². The zero-order valence-electron chi connectivity index (χ0n) is 15.5. The van der Waals surface area contributed by atoms with Gasteiger partial charge in [-0.25, -0.2) is 0 Å². The molecule has 142 valence electrons. The van der Waals surface area contributed by atoms with Crippen LogP contribution in [0.25, 0.3) is 0 Å². The molecule has 0 saturated carbocycles. The number of carbonyl (C=O) groups excluding carboxylic acids is 2. The van der Waals surface area contributed by atoms with E-state index in [1.165, 1.54) is 12.5 Å². The van der Waals surface area contributed by atoms with E-state index in [0.29, 0.717) is 31.7 Å². The fourth-order valence-electron chi connectivity index (χ4n) is 2.73. The molecule has 2 rings (SSSR count). The molecule has 0 unspecified atom stereocenters.